The Bertz CT molecular complexity index is 382. The third-order valence-electron chi connectivity index (χ3n) is 2.20. The Labute approximate surface area is 95.9 Å². The average Bonchev–Trinajstić information content (AvgIpc) is 2.16. The van der Waals surface area contributed by atoms with E-state index in [4.69, 9.17) is 10.5 Å². The Kier molecular flexibility index (Phi) is 4.50. The Morgan fingerprint density at radius 1 is 1.50 bits per heavy atom. The second kappa shape index (κ2) is 5.66. The lowest BCUT2D eigenvalue weighted by Gasteiger charge is -2.09. The van der Waals surface area contributed by atoms with E-state index >= 15 is 0 Å². The van der Waals surface area contributed by atoms with Gasteiger partial charge in [-0.05, 0) is 32.9 Å². The summed E-state index contributed by atoms with van der Waals surface area (Å²) < 4.78 is 18.9. The Hall–Kier alpha value is -1.35. The van der Waals surface area contributed by atoms with Crippen molar-refractivity contribution in [1.29, 1.82) is 0 Å². The van der Waals surface area contributed by atoms with E-state index in [0.29, 0.717) is 17.9 Å². The molecular weight excluding hydrogens is 205 g/mol. The van der Waals surface area contributed by atoms with E-state index < -0.39 is 0 Å². The van der Waals surface area contributed by atoms with Gasteiger partial charge in [-0.1, -0.05) is 11.6 Å². The van der Waals surface area contributed by atoms with Crippen molar-refractivity contribution in [2.24, 2.45) is 5.73 Å². The molecule has 0 fully saturated rings. The fraction of sp³-hybridized carbons (Fsp3) is 0.385. The number of rotatable bonds is 4. The van der Waals surface area contributed by atoms with Crippen LogP contribution in [0, 0.1) is 5.82 Å². The summed E-state index contributed by atoms with van der Waals surface area (Å²) in [4.78, 5) is 0. The zero-order valence-electron chi connectivity index (χ0n) is 9.96. The maximum absolute atomic E-state index is 13.5. The van der Waals surface area contributed by atoms with E-state index in [1.165, 1.54) is 11.6 Å². The lowest BCUT2D eigenvalue weighted by atomic mass is 10.1. The maximum atomic E-state index is 13.5. The highest BCUT2D eigenvalue weighted by molar-refractivity contribution is 5.30. The topological polar surface area (TPSA) is 35.2 Å². The Morgan fingerprint density at radius 2 is 2.19 bits per heavy atom. The molecule has 2 nitrogen and oxygen atoms in total. The first kappa shape index (κ1) is 12.7. The highest BCUT2D eigenvalue weighted by Crippen LogP contribution is 2.20. The van der Waals surface area contributed by atoms with Crippen LogP contribution in [0.1, 0.15) is 32.4 Å². The van der Waals surface area contributed by atoms with Crippen LogP contribution in [0.2, 0.25) is 0 Å². The molecule has 0 heterocycles. The number of allylic oxidation sites excluding steroid dienone is 1. The van der Waals surface area contributed by atoms with Gasteiger partial charge >= 0.3 is 0 Å². The summed E-state index contributed by atoms with van der Waals surface area (Å²) in [5, 5.41) is 0. The van der Waals surface area contributed by atoms with Crippen LogP contribution in [0.3, 0.4) is 0 Å². The van der Waals surface area contributed by atoms with E-state index in [2.05, 4.69) is 0 Å². The molecule has 88 valence electrons. The summed E-state index contributed by atoms with van der Waals surface area (Å²) in [5.74, 6) is 0.212. The van der Waals surface area contributed by atoms with Crippen molar-refractivity contribution in [2.75, 3.05) is 6.61 Å². The van der Waals surface area contributed by atoms with Gasteiger partial charge in [-0.2, -0.15) is 0 Å². The average molecular weight is 223 g/mol. The molecule has 0 saturated carbocycles. The van der Waals surface area contributed by atoms with Crippen LogP contribution in [0.4, 0.5) is 4.39 Å². The lowest BCUT2D eigenvalue weighted by Crippen LogP contribution is -2.07. The summed E-state index contributed by atoms with van der Waals surface area (Å²) >= 11 is 0. The van der Waals surface area contributed by atoms with Crippen molar-refractivity contribution in [3.8, 4) is 5.75 Å². The van der Waals surface area contributed by atoms with Crippen LogP contribution < -0.4 is 10.5 Å². The van der Waals surface area contributed by atoms with E-state index in [0.717, 1.165) is 0 Å². The molecule has 1 aromatic rings. The van der Waals surface area contributed by atoms with Gasteiger partial charge in [0.1, 0.15) is 18.2 Å². The van der Waals surface area contributed by atoms with Gasteiger partial charge in [0.15, 0.2) is 0 Å². The molecule has 2 N–H and O–H groups in total. The van der Waals surface area contributed by atoms with E-state index in [-0.39, 0.29) is 11.9 Å². The van der Waals surface area contributed by atoms with Crippen molar-refractivity contribution >= 4 is 0 Å². The number of hydrogen-bond acceptors (Lipinski definition) is 2. The zero-order chi connectivity index (χ0) is 12.1. The monoisotopic (exact) mass is 223 g/mol. The van der Waals surface area contributed by atoms with Crippen molar-refractivity contribution in [3.05, 3.63) is 41.2 Å². The molecule has 0 amide bonds. The van der Waals surface area contributed by atoms with Crippen molar-refractivity contribution in [2.45, 2.75) is 26.8 Å². The molecule has 1 atom stereocenters. The third-order valence-corrected chi connectivity index (χ3v) is 2.20. The summed E-state index contributed by atoms with van der Waals surface area (Å²) in [6, 6.07) is 4.47. The van der Waals surface area contributed by atoms with Gasteiger partial charge < -0.3 is 10.5 Å². The fourth-order valence-electron chi connectivity index (χ4n) is 1.27. The summed E-state index contributed by atoms with van der Waals surface area (Å²) in [5.41, 5.74) is 7.30. The quantitative estimate of drug-likeness (QED) is 0.795. The molecule has 16 heavy (non-hydrogen) atoms. The maximum Gasteiger partial charge on any atom is 0.131 e. The van der Waals surface area contributed by atoms with Crippen LogP contribution in [0.5, 0.6) is 5.75 Å². The van der Waals surface area contributed by atoms with Crippen LogP contribution in [0.25, 0.3) is 0 Å². The van der Waals surface area contributed by atoms with Crippen LogP contribution in [-0.4, -0.2) is 6.61 Å². The molecular formula is C13H18FNO. The van der Waals surface area contributed by atoms with Gasteiger partial charge in [0.2, 0.25) is 0 Å². The smallest absolute Gasteiger partial charge is 0.131 e. The third kappa shape index (κ3) is 3.66. The highest BCUT2D eigenvalue weighted by Gasteiger charge is 2.07. The zero-order valence-corrected chi connectivity index (χ0v) is 9.96. The van der Waals surface area contributed by atoms with Crippen LogP contribution in [0.15, 0.2) is 29.8 Å². The predicted molar refractivity (Wildman–Crippen MR) is 63.9 cm³/mol. The second-order valence-electron chi connectivity index (χ2n) is 4.06. The molecule has 0 saturated heterocycles. The fourth-order valence-corrected chi connectivity index (χ4v) is 1.27. The largest absolute Gasteiger partial charge is 0.489 e. The highest BCUT2D eigenvalue weighted by atomic mass is 19.1. The second-order valence-corrected chi connectivity index (χ2v) is 4.06. The molecule has 0 aliphatic rings. The Balaban J connectivity index is 2.70. The molecule has 0 unspecified atom stereocenters. The minimum Gasteiger partial charge on any atom is -0.489 e. The lowest BCUT2D eigenvalue weighted by molar-refractivity contribution is 0.359. The van der Waals surface area contributed by atoms with Crippen molar-refractivity contribution < 1.29 is 9.13 Å². The SMILES string of the molecule is CC(C)=CCOc1ccc([C@@H](C)N)c(F)c1. The summed E-state index contributed by atoms with van der Waals surface area (Å²) in [6.07, 6.45) is 1.94. The standard InChI is InChI=1S/C13H18FNO/c1-9(2)6-7-16-11-4-5-12(10(3)15)13(14)8-11/h4-6,8,10H,7,15H2,1-3H3/t10-/m1/s1. The number of ether oxygens (including phenoxy) is 1. The first-order valence-electron chi connectivity index (χ1n) is 5.32. The minimum atomic E-state index is -0.315. The number of halogens is 1. The number of hydrogen-bond donors (Lipinski definition) is 1. The number of nitrogens with two attached hydrogens (primary N) is 1. The molecule has 0 aliphatic heterocycles. The van der Waals surface area contributed by atoms with Gasteiger partial charge in [-0.3, -0.25) is 0 Å². The molecule has 0 radical (unpaired) electrons. The van der Waals surface area contributed by atoms with Crippen LogP contribution in [-0.2, 0) is 0 Å². The van der Waals surface area contributed by atoms with Gasteiger partial charge in [0, 0.05) is 17.7 Å². The van der Waals surface area contributed by atoms with Crippen molar-refractivity contribution in [3.63, 3.8) is 0 Å². The minimum absolute atomic E-state index is 0.299. The molecule has 0 aliphatic carbocycles. The molecule has 0 bridgehead atoms. The van der Waals surface area contributed by atoms with E-state index in [1.807, 2.05) is 19.9 Å². The first-order valence-corrected chi connectivity index (χ1v) is 5.32. The summed E-state index contributed by atoms with van der Waals surface area (Å²) in [6.45, 7) is 6.19. The first-order chi connectivity index (χ1) is 7.50. The molecule has 3 heteroatoms. The normalized spacial score (nSPS) is 12.1. The van der Waals surface area contributed by atoms with Gasteiger partial charge in [0.05, 0.1) is 0 Å². The number of benzene rings is 1. The molecule has 1 rings (SSSR count). The molecule has 1 aromatic carbocycles. The summed E-state index contributed by atoms with van der Waals surface area (Å²) in [7, 11) is 0. The van der Waals surface area contributed by atoms with E-state index in [1.54, 1.807) is 19.1 Å². The van der Waals surface area contributed by atoms with E-state index in [9.17, 15) is 4.39 Å². The van der Waals surface area contributed by atoms with Gasteiger partial charge in [0.25, 0.3) is 0 Å². The van der Waals surface area contributed by atoms with Gasteiger partial charge in [-0.15, -0.1) is 0 Å². The predicted octanol–water partition coefficient (Wildman–Crippen LogP) is 3.19. The van der Waals surface area contributed by atoms with Crippen LogP contribution >= 0.6 is 0 Å². The molecule has 0 aromatic heterocycles. The Morgan fingerprint density at radius 3 is 2.69 bits per heavy atom. The van der Waals surface area contributed by atoms with Crippen molar-refractivity contribution in [1.82, 2.24) is 0 Å². The molecule has 0 spiro atoms. The van der Waals surface area contributed by atoms with Gasteiger partial charge in [-0.25, -0.2) is 4.39 Å².